The first-order valence-electron chi connectivity index (χ1n) is 11.2. The van der Waals surface area contributed by atoms with E-state index in [2.05, 4.69) is 10.3 Å². The molecular formula is C25H29N3O4. The average Bonchev–Trinajstić information content (AvgIpc) is 3.34. The first kappa shape index (κ1) is 21.9. The van der Waals surface area contributed by atoms with Crippen LogP contribution < -0.4 is 10.1 Å². The highest BCUT2D eigenvalue weighted by molar-refractivity contribution is 6.30. The van der Waals surface area contributed by atoms with Crippen LogP contribution in [0.2, 0.25) is 0 Å². The lowest BCUT2D eigenvalue weighted by molar-refractivity contribution is -0.121. The van der Waals surface area contributed by atoms with Gasteiger partial charge < -0.3 is 15.2 Å². The Bertz CT molecular complexity index is 1060. The molecule has 2 N–H and O–H groups in total. The summed E-state index contributed by atoms with van der Waals surface area (Å²) in [6.07, 6.45) is 8.70. The van der Waals surface area contributed by atoms with E-state index in [-0.39, 0.29) is 17.6 Å². The molecule has 0 saturated heterocycles. The van der Waals surface area contributed by atoms with Crippen LogP contribution in [-0.2, 0) is 11.3 Å². The van der Waals surface area contributed by atoms with Gasteiger partial charge in [-0.25, -0.2) is 0 Å². The number of nitrogens with zero attached hydrogens (tertiary/aromatic N) is 2. The smallest absolute Gasteiger partial charge is 0.262 e. The van der Waals surface area contributed by atoms with Crippen LogP contribution in [0.25, 0.3) is 5.57 Å². The normalized spacial score (nSPS) is 17.7. The molecule has 7 heteroatoms. The van der Waals surface area contributed by atoms with E-state index >= 15 is 0 Å². The second-order valence-corrected chi connectivity index (χ2v) is 8.39. The van der Waals surface area contributed by atoms with E-state index in [1.54, 1.807) is 12.3 Å². The number of amides is 2. The highest BCUT2D eigenvalue weighted by Crippen LogP contribution is 2.37. The maximum Gasteiger partial charge on any atom is 0.262 e. The zero-order valence-corrected chi connectivity index (χ0v) is 18.6. The van der Waals surface area contributed by atoms with Crippen molar-refractivity contribution in [3.8, 4) is 11.5 Å². The van der Waals surface area contributed by atoms with E-state index in [0.29, 0.717) is 47.2 Å². The number of hydrogen-bond donors (Lipinski definition) is 2. The van der Waals surface area contributed by atoms with Gasteiger partial charge in [-0.15, -0.1) is 0 Å². The Balaban J connectivity index is 1.56. The Morgan fingerprint density at radius 2 is 1.97 bits per heavy atom. The molecular weight excluding hydrogens is 406 g/mol. The van der Waals surface area contributed by atoms with Gasteiger partial charge in [0.05, 0.1) is 30.6 Å². The fourth-order valence-electron chi connectivity index (χ4n) is 4.34. The molecule has 2 heterocycles. The molecule has 1 saturated carbocycles. The molecule has 0 radical (unpaired) electrons. The molecule has 1 fully saturated rings. The van der Waals surface area contributed by atoms with Gasteiger partial charge in [0.15, 0.2) is 11.5 Å². The van der Waals surface area contributed by atoms with E-state index < -0.39 is 0 Å². The maximum atomic E-state index is 12.9. The third kappa shape index (κ3) is 4.33. The monoisotopic (exact) mass is 435 g/mol. The summed E-state index contributed by atoms with van der Waals surface area (Å²) in [5.74, 6) is 0.250. The quantitative estimate of drug-likeness (QED) is 0.505. The Morgan fingerprint density at radius 1 is 1.19 bits per heavy atom. The SMILES string of the molecule is CCCOc1cnc(CN/C=C2\C(=O)N(C)C(=O)c3ccc(C4CCCC4)cc32)cc1O. The van der Waals surface area contributed by atoms with Crippen LogP contribution in [0.15, 0.2) is 36.7 Å². The van der Waals surface area contributed by atoms with Gasteiger partial charge in [-0.3, -0.25) is 19.5 Å². The first-order chi connectivity index (χ1) is 15.5. The molecule has 1 aliphatic heterocycles. The lowest BCUT2D eigenvalue weighted by Crippen LogP contribution is -2.39. The van der Waals surface area contributed by atoms with Gasteiger partial charge in [0.2, 0.25) is 0 Å². The van der Waals surface area contributed by atoms with Crippen molar-refractivity contribution in [3.05, 3.63) is 59.0 Å². The van der Waals surface area contributed by atoms with Crippen LogP contribution in [0.1, 0.15) is 72.1 Å². The Morgan fingerprint density at radius 3 is 2.69 bits per heavy atom. The van der Waals surface area contributed by atoms with E-state index in [1.165, 1.54) is 31.6 Å². The van der Waals surface area contributed by atoms with Crippen molar-refractivity contribution < 1.29 is 19.4 Å². The van der Waals surface area contributed by atoms with E-state index in [9.17, 15) is 14.7 Å². The number of ether oxygens (including phenoxy) is 1. The van der Waals surface area contributed by atoms with Crippen LogP contribution >= 0.6 is 0 Å². The van der Waals surface area contributed by atoms with Crippen LogP contribution in [0.4, 0.5) is 0 Å². The number of likely N-dealkylation sites (N-methyl/N-ethyl adjacent to an activating group) is 1. The maximum absolute atomic E-state index is 12.9. The van der Waals surface area contributed by atoms with Gasteiger partial charge >= 0.3 is 0 Å². The summed E-state index contributed by atoms with van der Waals surface area (Å²) in [6.45, 7) is 2.81. The summed E-state index contributed by atoms with van der Waals surface area (Å²) in [5.41, 5.74) is 3.46. The second-order valence-electron chi connectivity index (χ2n) is 8.39. The number of nitrogens with one attached hydrogen (secondary N) is 1. The van der Waals surface area contributed by atoms with Crippen LogP contribution in [0, 0.1) is 0 Å². The molecule has 1 aromatic heterocycles. The minimum atomic E-state index is -0.335. The largest absolute Gasteiger partial charge is 0.504 e. The average molecular weight is 436 g/mol. The van der Waals surface area contributed by atoms with E-state index in [0.717, 1.165) is 24.2 Å². The molecule has 2 aromatic rings. The van der Waals surface area contributed by atoms with Crippen molar-refractivity contribution in [3.63, 3.8) is 0 Å². The minimum absolute atomic E-state index is 0.0310. The van der Waals surface area contributed by atoms with Crippen molar-refractivity contribution in [2.75, 3.05) is 13.7 Å². The summed E-state index contributed by atoms with van der Waals surface area (Å²) in [4.78, 5) is 31.0. The van der Waals surface area contributed by atoms with Crippen molar-refractivity contribution in [2.45, 2.75) is 51.5 Å². The highest BCUT2D eigenvalue weighted by Gasteiger charge is 2.33. The summed E-state index contributed by atoms with van der Waals surface area (Å²) in [5, 5.41) is 13.3. The molecule has 32 heavy (non-hydrogen) atoms. The van der Waals surface area contributed by atoms with Gasteiger partial charge in [-0.2, -0.15) is 0 Å². The predicted octanol–water partition coefficient (Wildman–Crippen LogP) is 3.98. The first-order valence-corrected chi connectivity index (χ1v) is 11.2. The third-order valence-electron chi connectivity index (χ3n) is 6.13. The van der Waals surface area contributed by atoms with E-state index in [1.807, 2.05) is 25.1 Å². The number of pyridine rings is 1. The van der Waals surface area contributed by atoms with Crippen LogP contribution in [0.5, 0.6) is 11.5 Å². The number of imide groups is 1. The molecule has 4 rings (SSSR count). The van der Waals surface area contributed by atoms with Crippen molar-refractivity contribution in [2.24, 2.45) is 0 Å². The van der Waals surface area contributed by atoms with Crippen molar-refractivity contribution in [1.82, 2.24) is 15.2 Å². The zero-order chi connectivity index (χ0) is 22.7. The fourth-order valence-corrected chi connectivity index (χ4v) is 4.34. The van der Waals surface area contributed by atoms with Crippen LogP contribution in [0.3, 0.4) is 0 Å². The zero-order valence-electron chi connectivity index (χ0n) is 18.6. The molecule has 0 spiro atoms. The van der Waals surface area contributed by atoms with Crippen LogP contribution in [-0.4, -0.2) is 40.5 Å². The number of aromatic nitrogens is 1. The fraction of sp³-hybridized carbons (Fsp3) is 0.400. The molecule has 2 amide bonds. The van der Waals surface area contributed by atoms with Gasteiger partial charge in [0.1, 0.15) is 0 Å². The number of fused-ring (bicyclic) bond motifs is 1. The number of rotatable bonds is 7. The highest BCUT2D eigenvalue weighted by atomic mass is 16.5. The molecule has 1 aliphatic carbocycles. The second kappa shape index (κ2) is 9.42. The number of aromatic hydroxyl groups is 1. The predicted molar refractivity (Wildman–Crippen MR) is 121 cm³/mol. The molecule has 0 bridgehead atoms. The lowest BCUT2D eigenvalue weighted by Gasteiger charge is -2.26. The molecule has 1 aromatic carbocycles. The summed E-state index contributed by atoms with van der Waals surface area (Å²) < 4.78 is 5.44. The van der Waals surface area contributed by atoms with Crippen molar-refractivity contribution in [1.29, 1.82) is 0 Å². The Hall–Kier alpha value is -3.35. The van der Waals surface area contributed by atoms with Gasteiger partial charge in [0, 0.05) is 30.4 Å². The number of carbonyl (C=O) groups is 2. The standard InChI is InChI=1S/C25H29N3O4/c1-3-10-32-23-15-27-18(12-22(23)29)13-26-14-21-20-11-17(16-6-4-5-7-16)8-9-19(20)24(30)28(2)25(21)31/h8-9,11-12,14-16,26H,3-7,10,13H2,1-2H3,(H,27,29)/b21-14-. The Kier molecular flexibility index (Phi) is 6.44. The topological polar surface area (TPSA) is 91.8 Å². The number of carbonyl (C=O) groups excluding carboxylic acids is 2. The summed E-state index contributed by atoms with van der Waals surface area (Å²) >= 11 is 0. The van der Waals surface area contributed by atoms with E-state index in [4.69, 9.17) is 4.74 Å². The van der Waals surface area contributed by atoms with Crippen molar-refractivity contribution >= 4 is 17.4 Å². The number of benzene rings is 1. The minimum Gasteiger partial charge on any atom is -0.504 e. The summed E-state index contributed by atoms with van der Waals surface area (Å²) in [6, 6.07) is 7.42. The van der Waals surface area contributed by atoms with Gasteiger partial charge in [0.25, 0.3) is 11.8 Å². The molecule has 168 valence electrons. The summed E-state index contributed by atoms with van der Waals surface area (Å²) in [7, 11) is 1.50. The number of hydrogen-bond acceptors (Lipinski definition) is 6. The van der Waals surface area contributed by atoms with Gasteiger partial charge in [-0.1, -0.05) is 25.8 Å². The molecule has 0 unspecified atom stereocenters. The third-order valence-corrected chi connectivity index (χ3v) is 6.13. The lowest BCUT2D eigenvalue weighted by atomic mass is 9.88. The molecule has 0 atom stereocenters. The molecule has 2 aliphatic rings. The van der Waals surface area contributed by atoms with Gasteiger partial charge in [-0.05, 0) is 42.9 Å². The Labute approximate surface area is 188 Å². The molecule has 7 nitrogen and oxygen atoms in total.